The summed E-state index contributed by atoms with van der Waals surface area (Å²) in [4.78, 5) is 11.0. The van der Waals surface area contributed by atoms with Crippen molar-refractivity contribution < 1.29 is 9.90 Å². The zero-order valence-electron chi connectivity index (χ0n) is 6.59. The molecule has 0 bridgehead atoms. The molecule has 1 N–H and O–H groups in total. The monoisotopic (exact) mass is 150 g/mol. The van der Waals surface area contributed by atoms with E-state index in [1.54, 1.807) is 13.0 Å². The zero-order valence-corrected chi connectivity index (χ0v) is 6.59. The van der Waals surface area contributed by atoms with E-state index in [1.807, 2.05) is 13.0 Å². The standard InChI is InChI=1S/C9H10O2/c1-3-7-4-6(2)9(11)8(10)5-7/h3-5,10H,1-2H3. The molecule has 0 aromatic rings. The molecule has 0 saturated heterocycles. The van der Waals surface area contributed by atoms with Crippen LogP contribution in [0.25, 0.3) is 0 Å². The molecular formula is C9H10O2. The molecule has 0 atom stereocenters. The summed E-state index contributed by atoms with van der Waals surface area (Å²) < 4.78 is 0. The Morgan fingerprint density at radius 3 is 2.55 bits per heavy atom. The Bertz CT molecular complexity index is 256. The lowest BCUT2D eigenvalue weighted by Gasteiger charge is -2.06. The lowest BCUT2D eigenvalue weighted by molar-refractivity contribution is -0.114. The van der Waals surface area contributed by atoms with Crippen LogP contribution in [0.4, 0.5) is 0 Å². The predicted octanol–water partition coefficient (Wildman–Crippen LogP) is 1.90. The number of ketones is 1. The maximum Gasteiger partial charge on any atom is 0.223 e. The van der Waals surface area contributed by atoms with Gasteiger partial charge in [-0.2, -0.15) is 0 Å². The predicted molar refractivity (Wildman–Crippen MR) is 43.2 cm³/mol. The number of rotatable bonds is 0. The summed E-state index contributed by atoms with van der Waals surface area (Å²) in [7, 11) is 0. The zero-order chi connectivity index (χ0) is 8.43. The molecule has 11 heavy (non-hydrogen) atoms. The van der Waals surface area contributed by atoms with Gasteiger partial charge in [0.15, 0.2) is 5.76 Å². The van der Waals surface area contributed by atoms with Crippen molar-refractivity contribution in [3.8, 4) is 0 Å². The lowest BCUT2D eigenvalue weighted by Crippen LogP contribution is -2.07. The van der Waals surface area contributed by atoms with Gasteiger partial charge in [0.25, 0.3) is 0 Å². The second kappa shape index (κ2) is 2.74. The van der Waals surface area contributed by atoms with Crippen LogP contribution in [0.1, 0.15) is 13.8 Å². The number of carbonyl (C=O) groups is 1. The van der Waals surface area contributed by atoms with Crippen LogP contribution < -0.4 is 0 Å². The van der Waals surface area contributed by atoms with Crippen LogP contribution in [0.15, 0.2) is 35.1 Å². The average molecular weight is 150 g/mol. The molecule has 0 radical (unpaired) electrons. The Labute approximate surface area is 65.5 Å². The summed E-state index contributed by atoms with van der Waals surface area (Å²) in [6, 6.07) is 0. The van der Waals surface area contributed by atoms with Gasteiger partial charge in [0, 0.05) is 5.57 Å². The number of carbonyl (C=O) groups excluding carboxylic acids is 1. The number of Topliss-reactive ketones (excluding diaryl/α,β-unsaturated/α-hetero) is 1. The quantitative estimate of drug-likeness (QED) is 0.572. The molecule has 0 unspecified atom stereocenters. The van der Waals surface area contributed by atoms with Gasteiger partial charge in [-0.15, -0.1) is 0 Å². The third kappa shape index (κ3) is 1.40. The van der Waals surface area contributed by atoms with Gasteiger partial charge in [-0.1, -0.05) is 6.08 Å². The first kappa shape index (κ1) is 7.79. The van der Waals surface area contributed by atoms with Gasteiger partial charge in [-0.3, -0.25) is 4.79 Å². The highest BCUT2D eigenvalue weighted by Gasteiger charge is 2.14. The Kier molecular flexibility index (Phi) is 1.94. The van der Waals surface area contributed by atoms with E-state index in [2.05, 4.69) is 0 Å². The van der Waals surface area contributed by atoms with Crippen LogP contribution in [-0.2, 0) is 4.79 Å². The van der Waals surface area contributed by atoms with Crippen molar-refractivity contribution in [3.63, 3.8) is 0 Å². The lowest BCUT2D eigenvalue weighted by atomic mass is 10.0. The Morgan fingerprint density at radius 1 is 1.45 bits per heavy atom. The van der Waals surface area contributed by atoms with E-state index in [0.29, 0.717) is 5.57 Å². The first-order valence-electron chi connectivity index (χ1n) is 3.45. The molecule has 0 saturated carbocycles. The fourth-order valence-electron chi connectivity index (χ4n) is 0.949. The molecule has 2 heteroatoms. The van der Waals surface area contributed by atoms with Crippen LogP contribution in [0.2, 0.25) is 0 Å². The van der Waals surface area contributed by atoms with Crippen molar-refractivity contribution in [3.05, 3.63) is 35.1 Å². The number of aliphatic hydroxyl groups is 1. The summed E-state index contributed by atoms with van der Waals surface area (Å²) >= 11 is 0. The van der Waals surface area contributed by atoms with Crippen molar-refractivity contribution >= 4 is 5.78 Å². The van der Waals surface area contributed by atoms with E-state index >= 15 is 0 Å². The average Bonchev–Trinajstić information content (AvgIpc) is 1.99. The third-order valence-corrected chi connectivity index (χ3v) is 1.61. The van der Waals surface area contributed by atoms with E-state index in [0.717, 1.165) is 5.57 Å². The molecule has 0 aromatic heterocycles. The van der Waals surface area contributed by atoms with Gasteiger partial charge in [0.1, 0.15) is 0 Å². The van der Waals surface area contributed by atoms with E-state index in [1.165, 1.54) is 6.08 Å². The second-order valence-corrected chi connectivity index (χ2v) is 2.47. The summed E-state index contributed by atoms with van der Waals surface area (Å²) in [6.07, 6.45) is 5.06. The van der Waals surface area contributed by atoms with E-state index in [4.69, 9.17) is 5.11 Å². The fraction of sp³-hybridized carbons (Fsp3) is 0.222. The molecule has 1 aliphatic rings. The number of aliphatic hydroxyl groups excluding tert-OH is 1. The maximum absolute atomic E-state index is 11.0. The molecule has 0 amide bonds. The molecule has 0 spiro atoms. The summed E-state index contributed by atoms with van der Waals surface area (Å²) in [5.41, 5.74) is 1.46. The summed E-state index contributed by atoms with van der Waals surface area (Å²) in [5.74, 6) is -0.450. The Hall–Kier alpha value is -1.31. The molecule has 1 rings (SSSR count). The van der Waals surface area contributed by atoms with E-state index in [9.17, 15) is 4.79 Å². The van der Waals surface area contributed by atoms with Crippen LogP contribution in [0, 0.1) is 0 Å². The first-order valence-corrected chi connectivity index (χ1v) is 3.45. The fourth-order valence-corrected chi connectivity index (χ4v) is 0.949. The first-order chi connectivity index (χ1) is 5.15. The highest BCUT2D eigenvalue weighted by Crippen LogP contribution is 2.16. The van der Waals surface area contributed by atoms with Gasteiger partial charge in [-0.05, 0) is 31.6 Å². The summed E-state index contributed by atoms with van der Waals surface area (Å²) in [5, 5.41) is 9.08. The number of allylic oxidation sites excluding steroid dienone is 5. The molecule has 58 valence electrons. The Balaban J connectivity index is 3.07. The van der Waals surface area contributed by atoms with Crippen molar-refractivity contribution in [2.45, 2.75) is 13.8 Å². The number of hydrogen-bond donors (Lipinski definition) is 1. The minimum absolute atomic E-state index is 0.168. The van der Waals surface area contributed by atoms with E-state index < -0.39 is 0 Å². The van der Waals surface area contributed by atoms with Crippen molar-refractivity contribution in [2.24, 2.45) is 0 Å². The molecule has 1 aliphatic carbocycles. The van der Waals surface area contributed by atoms with Crippen molar-refractivity contribution in [1.29, 1.82) is 0 Å². The van der Waals surface area contributed by atoms with Crippen LogP contribution in [0.5, 0.6) is 0 Å². The van der Waals surface area contributed by atoms with Crippen molar-refractivity contribution in [1.82, 2.24) is 0 Å². The van der Waals surface area contributed by atoms with Crippen molar-refractivity contribution in [2.75, 3.05) is 0 Å². The normalized spacial score (nSPS) is 21.6. The minimum Gasteiger partial charge on any atom is -0.504 e. The van der Waals surface area contributed by atoms with Crippen LogP contribution in [-0.4, -0.2) is 10.9 Å². The van der Waals surface area contributed by atoms with E-state index in [-0.39, 0.29) is 11.5 Å². The van der Waals surface area contributed by atoms with Gasteiger partial charge in [-0.25, -0.2) is 0 Å². The third-order valence-electron chi connectivity index (χ3n) is 1.61. The number of hydrogen-bond acceptors (Lipinski definition) is 2. The SMILES string of the molecule is CC=C1C=C(C)C(=O)C(O)=C1. The highest BCUT2D eigenvalue weighted by atomic mass is 16.3. The molecule has 0 heterocycles. The van der Waals surface area contributed by atoms with Crippen LogP contribution >= 0.6 is 0 Å². The largest absolute Gasteiger partial charge is 0.504 e. The molecule has 2 nitrogen and oxygen atoms in total. The minimum atomic E-state index is -0.282. The van der Waals surface area contributed by atoms with Crippen LogP contribution in [0.3, 0.4) is 0 Å². The Morgan fingerprint density at radius 2 is 2.09 bits per heavy atom. The molecule has 0 fully saturated rings. The molecular weight excluding hydrogens is 140 g/mol. The van der Waals surface area contributed by atoms with Gasteiger partial charge >= 0.3 is 0 Å². The van der Waals surface area contributed by atoms with Gasteiger partial charge in [0.05, 0.1) is 0 Å². The van der Waals surface area contributed by atoms with Gasteiger partial charge < -0.3 is 5.11 Å². The molecule has 0 aromatic carbocycles. The smallest absolute Gasteiger partial charge is 0.223 e. The molecule has 0 aliphatic heterocycles. The maximum atomic E-state index is 11.0. The highest BCUT2D eigenvalue weighted by molar-refractivity contribution is 6.08. The summed E-state index contributed by atoms with van der Waals surface area (Å²) in [6.45, 7) is 3.55. The second-order valence-electron chi connectivity index (χ2n) is 2.47. The van der Waals surface area contributed by atoms with Gasteiger partial charge in [0.2, 0.25) is 5.78 Å². The topological polar surface area (TPSA) is 37.3 Å².